The molecule has 0 aliphatic heterocycles. The molecule has 0 fully saturated rings. The number of hydrogen-bond donors (Lipinski definition) is 2. The first kappa shape index (κ1) is 13.6. The third-order valence-corrected chi connectivity index (χ3v) is 2.88. The van der Waals surface area contributed by atoms with E-state index in [4.69, 9.17) is 5.84 Å². The minimum absolute atomic E-state index is 0.257. The van der Waals surface area contributed by atoms with Crippen LogP contribution in [-0.2, 0) is 6.42 Å². The van der Waals surface area contributed by atoms with Gasteiger partial charge in [-0.25, -0.2) is 13.2 Å². The van der Waals surface area contributed by atoms with E-state index in [1.54, 1.807) is 0 Å². The van der Waals surface area contributed by atoms with E-state index in [1.807, 2.05) is 30.3 Å². The van der Waals surface area contributed by atoms with Crippen LogP contribution in [0.1, 0.15) is 17.2 Å². The van der Waals surface area contributed by atoms with Gasteiger partial charge in [0.2, 0.25) is 0 Å². The summed E-state index contributed by atoms with van der Waals surface area (Å²) in [6.45, 7) is 0. The van der Waals surface area contributed by atoms with Crippen LogP contribution >= 0.6 is 0 Å². The van der Waals surface area contributed by atoms with Crippen molar-refractivity contribution in [1.29, 1.82) is 0 Å². The van der Waals surface area contributed by atoms with Gasteiger partial charge in [-0.3, -0.25) is 11.3 Å². The van der Waals surface area contributed by atoms with Gasteiger partial charge >= 0.3 is 0 Å². The Balaban J connectivity index is 2.32. The maximum atomic E-state index is 13.7. The Labute approximate surface area is 109 Å². The highest BCUT2D eigenvalue weighted by molar-refractivity contribution is 5.27. The van der Waals surface area contributed by atoms with Crippen molar-refractivity contribution in [1.82, 2.24) is 5.43 Å². The molecule has 0 bridgehead atoms. The number of hydrazine groups is 1. The van der Waals surface area contributed by atoms with E-state index in [-0.39, 0.29) is 5.56 Å². The molecule has 0 saturated heterocycles. The molecule has 2 rings (SSSR count). The van der Waals surface area contributed by atoms with Crippen LogP contribution in [0.15, 0.2) is 42.5 Å². The highest BCUT2D eigenvalue weighted by Gasteiger charge is 2.20. The molecule has 5 heteroatoms. The van der Waals surface area contributed by atoms with E-state index >= 15 is 0 Å². The van der Waals surface area contributed by atoms with Crippen LogP contribution in [0.25, 0.3) is 0 Å². The zero-order valence-corrected chi connectivity index (χ0v) is 10.0. The lowest BCUT2D eigenvalue weighted by Gasteiger charge is -2.18. The van der Waals surface area contributed by atoms with Gasteiger partial charge in [-0.1, -0.05) is 30.3 Å². The molecule has 0 heterocycles. The molecule has 0 aliphatic carbocycles. The Morgan fingerprint density at radius 3 is 2.11 bits per heavy atom. The van der Waals surface area contributed by atoms with Crippen LogP contribution in [0.3, 0.4) is 0 Å². The van der Waals surface area contributed by atoms with E-state index in [9.17, 15) is 13.2 Å². The SMILES string of the molecule is NNC(Cc1ccccc1)c1c(F)cc(F)cc1F. The number of benzene rings is 2. The Hall–Kier alpha value is -1.85. The first-order valence-corrected chi connectivity index (χ1v) is 5.76. The summed E-state index contributed by atoms with van der Waals surface area (Å²) in [7, 11) is 0. The molecule has 0 aliphatic rings. The van der Waals surface area contributed by atoms with E-state index < -0.39 is 23.5 Å². The van der Waals surface area contributed by atoms with E-state index in [2.05, 4.69) is 5.43 Å². The average molecular weight is 266 g/mol. The van der Waals surface area contributed by atoms with Crippen LogP contribution < -0.4 is 11.3 Å². The third-order valence-electron chi connectivity index (χ3n) is 2.88. The van der Waals surface area contributed by atoms with Gasteiger partial charge in [0.25, 0.3) is 0 Å². The quantitative estimate of drug-likeness (QED) is 0.659. The van der Waals surface area contributed by atoms with Crippen molar-refractivity contribution in [3.8, 4) is 0 Å². The topological polar surface area (TPSA) is 38.0 Å². The molecule has 2 aromatic carbocycles. The van der Waals surface area contributed by atoms with Crippen molar-refractivity contribution in [3.05, 3.63) is 71.0 Å². The summed E-state index contributed by atoms with van der Waals surface area (Å²) in [6, 6.07) is 9.66. The van der Waals surface area contributed by atoms with Crippen molar-refractivity contribution in [2.75, 3.05) is 0 Å². The molecule has 1 atom stereocenters. The van der Waals surface area contributed by atoms with Gasteiger partial charge in [-0.15, -0.1) is 0 Å². The second-order valence-electron chi connectivity index (χ2n) is 4.19. The molecule has 2 nitrogen and oxygen atoms in total. The standard InChI is InChI=1S/C14H13F3N2/c15-10-7-11(16)14(12(17)8-10)13(19-18)6-9-4-2-1-3-5-9/h1-5,7-8,13,19H,6,18H2. The summed E-state index contributed by atoms with van der Waals surface area (Å²) in [5.41, 5.74) is 2.98. The molecule has 1 unspecified atom stereocenters. The summed E-state index contributed by atoms with van der Waals surface area (Å²) >= 11 is 0. The molecule has 0 aromatic heterocycles. The predicted molar refractivity (Wildman–Crippen MR) is 66.5 cm³/mol. The lowest BCUT2D eigenvalue weighted by molar-refractivity contribution is 0.462. The average Bonchev–Trinajstić information content (AvgIpc) is 2.37. The van der Waals surface area contributed by atoms with Crippen LogP contribution in [-0.4, -0.2) is 0 Å². The maximum Gasteiger partial charge on any atom is 0.133 e. The van der Waals surface area contributed by atoms with E-state index in [0.29, 0.717) is 18.6 Å². The molecule has 0 saturated carbocycles. The van der Waals surface area contributed by atoms with Gasteiger partial charge in [0.1, 0.15) is 17.5 Å². The highest BCUT2D eigenvalue weighted by atomic mass is 19.1. The number of hydrogen-bond acceptors (Lipinski definition) is 2. The van der Waals surface area contributed by atoms with Gasteiger partial charge in [-0.05, 0) is 12.0 Å². The molecular formula is C14H13F3N2. The Kier molecular flexibility index (Phi) is 4.19. The van der Waals surface area contributed by atoms with Crippen LogP contribution in [0.2, 0.25) is 0 Å². The van der Waals surface area contributed by atoms with Gasteiger partial charge < -0.3 is 0 Å². The van der Waals surface area contributed by atoms with Gasteiger partial charge in [0, 0.05) is 17.7 Å². The second kappa shape index (κ2) is 5.86. The summed E-state index contributed by atoms with van der Waals surface area (Å²) in [5, 5.41) is 0. The predicted octanol–water partition coefficient (Wildman–Crippen LogP) is 2.85. The van der Waals surface area contributed by atoms with Crippen molar-refractivity contribution in [2.45, 2.75) is 12.5 Å². The lowest BCUT2D eigenvalue weighted by Crippen LogP contribution is -2.31. The zero-order chi connectivity index (χ0) is 13.8. The van der Waals surface area contributed by atoms with Crippen molar-refractivity contribution in [3.63, 3.8) is 0 Å². The van der Waals surface area contributed by atoms with Crippen molar-refractivity contribution < 1.29 is 13.2 Å². The number of nitrogens with one attached hydrogen (secondary N) is 1. The van der Waals surface area contributed by atoms with Crippen molar-refractivity contribution >= 4 is 0 Å². The fraction of sp³-hybridized carbons (Fsp3) is 0.143. The van der Waals surface area contributed by atoms with Gasteiger partial charge in [0.15, 0.2) is 0 Å². The lowest BCUT2D eigenvalue weighted by atomic mass is 9.98. The largest absolute Gasteiger partial charge is 0.271 e. The van der Waals surface area contributed by atoms with Gasteiger partial charge in [0.05, 0.1) is 6.04 Å². The normalized spacial score (nSPS) is 12.4. The minimum Gasteiger partial charge on any atom is -0.271 e. The fourth-order valence-corrected chi connectivity index (χ4v) is 1.98. The number of rotatable bonds is 4. The molecule has 19 heavy (non-hydrogen) atoms. The molecule has 0 radical (unpaired) electrons. The highest BCUT2D eigenvalue weighted by Crippen LogP contribution is 2.24. The van der Waals surface area contributed by atoms with E-state index in [1.165, 1.54) is 0 Å². The van der Waals surface area contributed by atoms with Crippen LogP contribution in [0.5, 0.6) is 0 Å². The monoisotopic (exact) mass is 266 g/mol. The summed E-state index contributed by atoms with van der Waals surface area (Å²) in [6.07, 6.45) is 0.302. The Morgan fingerprint density at radius 2 is 1.58 bits per heavy atom. The third kappa shape index (κ3) is 3.13. The Bertz CT molecular complexity index is 535. The Morgan fingerprint density at radius 1 is 1.00 bits per heavy atom. The first-order valence-electron chi connectivity index (χ1n) is 5.76. The molecule has 2 aromatic rings. The molecule has 0 spiro atoms. The number of halogens is 3. The fourth-order valence-electron chi connectivity index (χ4n) is 1.98. The maximum absolute atomic E-state index is 13.7. The molecule has 100 valence electrons. The van der Waals surface area contributed by atoms with Crippen molar-refractivity contribution in [2.24, 2.45) is 5.84 Å². The zero-order valence-electron chi connectivity index (χ0n) is 10.0. The summed E-state index contributed by atoms with van der Waals surface area (Å²) in [4.78, 5) is 0. The molecular weight excluding hydrogens is 253 g/mol. The second-order valence-corrected chi connectivity index (χ2v) is 4.19. The van der Waals surface area contributed by atoms with Crippen LogP contribution in [0, 0.1) is 17.5 Å². The minimum atomic E-state index is -0.950. The number of nitrogens with two attached hydrogens (primary N) is 1. The summed E-state index contributed by atoms with van der Waals surface area (Å²) in [5.74, 6) is 2.51. The molecule has 3 N–H and O–H groups in total. The summed E-state index contributed by atoms with van der Waals surface area (Å²) < 4.78 is 40.2. The van der Waals surface area contributed by atoms with E-state index in [0.717, 1.165) is 5.56 Å². The van der Waals surface area contributed by atoms with Crippen LogP contribution in [0.4, 0.5) is 13.2 Å². The molecule has 0 amide bonds. The smallest absolute Gasteiger partial charge is 0.133 e. The van der Waals surface area contributed by atoms with Gasteiger partial charge in [-0.2, -0.15) is 0 Å². The first-order chi connectivity index (χ1) is 9.11.